The molecule has 1 aromatic carbocycles. The van der Waals surface area contributed by atoms with Crippen molar-refractivity contribution in [2.45, 2.75) is 0 Å². The lowest BCUT2D eigenvalue weighted by Gasteiger charge is -2.06. The zero-order valence-corrected chi connectivity index (χ0v) is 8.58. The Labute approximate surface area is 86.1 Å². The van der Waals surface area contributed by atoms with E-state index in [4.69, 9.17) is 9.47 Å². The Hall–Kier alpha value is -1.63. The van der Waals surface area contributed by atoms with Crippen LogP contribution in [-0.4, -0.2) is 26.6 Å². The van der Waals surface area contributed by atoms with Gasteiger partial charge in [0.2, 0.25) is 18.3 Å². The molecule has 6 nitrogen and oxygen atoms in total. The van der Waals surface area contributed by atoms with E-state index in [1.807, 2.05) is 0 Å². The molecule has 1 N–H and O–H groups in total. The Bertz CT molecular complexity index is 492. The van der Waals surface area contributed by atoms with Crippen LogP contribution in [0.3, 0.4) is 0 Å². The summed E-state index contributed by atoms with van der Waals surface area (Å²) in [6.45, 7) is -0.00871. The Morgan fingerprint density at radius 3 is 2.80 bits per heavy atom. The second-order valence-electron chi connectivity index (χ2n) is 2.93. The van der Waals surface area contributed by atoms with Gasteiger partial charge in [-0.3, -0.25) is 0 Å². The van der Waals surface area contributed by atoms with E-state index in [-0.39, 0.29) is 24.0 Å². The summed E-state index contributed by atoms with van der Waals surface area (Å²) in [5.74, 6) is -0.110. The molecule has 0 unspecified atom stereocenters. The average Bonchev–Trinajstić information content (AvgIpc) is 2.56. The molecule has 7 heteroatoms. The van der Waals surface area contributed by atoms with Gasteiger partial charge in [-0.1, -0.05) is 0 Å². The summed E-state index contributed by atoms with van der Waals surface area (Å²) in [4.78, 5) is 0. The van der Waals surface area contributed by atoms with E-state index in [1.54, 1.807) is 0 Å². The first-order valence-corrected chi connectivity index (χ1v) is 5.80. The van der Waals surface area contributed by atoms with Crippen molar-refractivity contribution in [1.29, 1.82) is 0 Å². The highest BCUT2D eigenvalue weighted by Crippen LogP contribution is 2.46. The van der Waals surface area contributed by atoms with Crippen LogP contribution < -0.4 is 13.7 Å². The summed E-state index contributed by atoms with van der Waals surface area (Å²) in [5.41, 5.74) is 0. The van der Waals surface area contributed by atoms with Gasteiger partial charge in [-0.05, 0) is 12.1 Å². The van der Waals surface area contributed by atoms with Gasteiger partial charge in [0.1, 0.15) is 0 Å². The molecule has 1 heterocycles. The molecule has 1 aromatic rings. The molecular weight excluding hydrogens is 224 g/mol. The van der Waals surface area contributed by atoms with E-state index in [2.05, 4.69) is 4.18 Å². The molecule has 0 fully saturated rings. The van der Waals surface area contributed by atoms with Crippen molar-refractivity contribution in [1.82, 2.24) is 0 Å². The van der Waals surface area contributed by atoms with Gasteiger partial charge in [0.05, 0.1) is 6.26 Å². The van der Waals surface area contributed by atoms with E-state index >= 15 is 0 Å². The van der Waals surface area contributed by atoms with Crippen molar-refractivity contribution >= 4 is 10.1 Å². The fraction of sp³-hybridized carbons (Fsp3) is 0.250. The highest BCUT2D eigenvalue weighted by molar-refractivity contribution is 7.86. The molecule has 0 spiro atoms. The summed E-state index contributed by atoms with van der Waals surface area (Å²) >= 11 is 0. The number of hydrogen-bond donors (Lipinski definition) is 1. The molecule has 0 aliphatic carbocycles. The van der Waals surface area contributed by atoms with Crippen molar-refractivity contribution < 1.29 is 27.2 Å². The zero-order chi connectivity index (χ0) is 11.1. The van der Waals surface area contributed by atoms with Gasteiger partial charge in [-0.15, -0.1) is 0 Å². The third kappa shape index (κ3) is 1.91. The average molecular weight is 232 g/mol. The number of ether oxygens (including phenoxy) is 2. The molecule has 82 valence electrons. The van der Waals surface area contributed by atoms with Crippen LogP contribution in [0.15, 0.2) is 12.1 Å². The minimum absolute atomic E-state index is 0.00871. The molecule has 15 heavy (non-hydrogen) atoms. The van der Waals surface area contributed by atoms with E-state index in [9.17, 15) is 13.5 Å². The van der Waals surface area contributed by atoms with E-state index in [1.165, 1.54) is 12.1 Å². The van der Waals surface area contributed by atoms with Crippen LogP contribution in [0.5, 0.6) is 23.0 Å². The second kappa shape index (κ2) is 3.20. The fourth-order valence-electron chi connectivity index (χ4n) is 1.17. The molecule has 0 amide bonds. The van der Waals surface area contributed by atoms with Crippen LogP contribution in [0.2, 0.25) is 0 Å². The highest BCUT2D eigenvalue weighted by Gasteiger charge is 2.22. The number of benzene rings is 1. The van der Waals surface area contributed by atoms with Gasteiger partial charge >= 0.3 is 10.1 Å². The Kier molecular flexibility index (Phi) is 2.11. The standard InChI is InChI=1S/C8H8O6S/c1-15(10,11)14-5-2-3-6-8(7(5)9)13-4-12-6/h2-3,9H,4H2,1H3. The van der Waals surface area contributed by atoms with Gasteiger partial charge in [-0.2, -0.15) is 8.42 Å². The third-order valence-corrected chi connectivity index (χ3v) is 2.20. The van der Waals surface area contributed by atoms with Crippen molar-refractivity contribution in [3.05, 3.63) is 12.1 Å². The van der Waals surface area contributed by atoms with E-state index in [0.717, 1.165) is 6.26 Å². The normalized spacial score (nSPS) is 13.9. The summed E-state index contributed by atoms with van der Waals surface area (Å²) < 4.78 is 36.2. The third-order valence-electron chi connectivity index (χ3n) is 1.72. The first-order chi connectivity index (χ1) is 6.97. The quantitative estimate of drug-likeness (QED) is 0.746. The number of phenols is 1. The number of fused-ring (bicyclic) bond motifs is 1. The summed E-state index contributed by atoms with van der Waals surface area (Å²) in [6, 6.07) is 2.76. The first kappa shape index (κ1) is 9.91. The molecule has 0 radical (unpaired) electrons. The van der Waals surface area contributed by atoms with Crippen molar-refractivity contribution in [2.75, 3.05) is 13.0 Å². The minimum atomic E-state index is -3.67. The van der Waals surface area contributed by atoms with Gasteiger partial charge in [-0.25, -0.2) is 0 Å². The smallest absolute Gasteiger partial charge is 0.306 e. The van der Waals surface area contributed by atoms with E-state index in [0.29, 0.717) is 5.75 Å². The van der Waals surface area contributed by atoms with Crippen molar-refractivity contribution in [3.8, 4) is 23.0 Å². The number of hydrogen-bond acceptors (Lipinski definition) is 6. The molecule has 0 atom stereocenters. The lowest BCUT2D eigenvalue weighted by molar-refractivity contribution is 0.171. The summed E-state index contributed by atoms with van der Waals surface area (Å²) in [7, 11) is -3.67. The van der Waals surface area contributed by atoms with Crippen molar-refractivity contribution in [2.24, 2.45) is 0 Å². The molecule has 0 saturated heterocycles. The SMILES string of the molecule is CS(=O)(=O)Oc1ccc2c(c1O)OCO2. The molecule has 1 aliphatic heterocycles. The zero-order valence-electron chi connectivity index (χ0n) is 7.76. The maximum atomic E-state index is 10.8. The highest BCUT2D eigenvalue weighted by atomic mass is 32.2. The number of phenolic OH excluding ortho intramolecular Hbond substituents is 1. The second-order valence-corrected chi connectivity index (χ2v) is 4.51. The predicted octanol–water partition coefficient (Wildman–Crippen LogP) is 0.459. The van der Waals surface area contributed by atoms with Crippen LogP contribution >= 0.6 is 0 Å². The maximum Gasteiger partial charge on any atom is 0.306 e. The van der Waals surface area contributed by atoms with Crippen LogP contribution in [0.25, 0.3) is 0 Å². The number of rotatable bonds is 2. The Morgan fingerprint density at radius 1 is 1.40 bits per heavy atom. The molecule has 0 aromatic heterocycles. The molecule has 2 rings (SSSR count). The molecule has 1 aliphatic rings. The predicted molar refractivity (Wildman–Crippen MR) is 49.7 cm³/mol. The number of aromatic hydroxyl groups is 1. The van der Waals surface area contributed by atoms with Gasteiger partial charge in [0.15, 0.2) is 11.5 Å². The van der Waals surface area contributed by atoms with Gasteiger partial charge in [0.25, 0.3) is 0 Å². The Balaban J connectivity index is 2.43. The first-order valence-electron chi connectivity index (χ1n) is 3.98. The molecule has 0 saturated carbocycles. The summed E-state index contributed by atoms with van der Waals surface area (Å²) in [5, 5.41) is 9.58. The van der Waals surface area contributed by atoms with Crippen LogP contribution in [0.1, 0.15) is 0 Å². The van der Waals surface area contributed by atoms with Crippen LogP contribution in [0.4, 0.5) is 0 Å². The van der Waals surface area contributed by atoms with E-state index < -0.39 is 10.1 Å². The van der Waals surface area contributed by atoms with Crippen molar-refractivity contribution in [3.63, 3.8) is 0 Å². The topological polar surface area (TPSA) is 82.1 Å². The molecular formula is C8H8O6S. The fourth-order valence-corrected chi connectivity index (χ4v) is 1.63. The monoisotopic (exact) mass is 232 g/mol. The van der Waals surface area contributed by atoms with Gasteiger partial charge < -0.3 is 18.8 Å². The van der Waals surface area contributed by atoms with Crippen LogP contribution in [0, 0.1) is 0 Å². The maximum absolute atomic E-state index is 10.8. The Morgan fingerprint density at radius 2 is 2.13 bits per heavy atom. The largest absolute Gasteiger partial charge is 0.502 e. The molecule has 0 bridgehead atoms. The minimum Gasteiger partial charge on any atom is -0.502 e. The summed E-state index contributed by atoms with van der Waals surface area (Å²) in [6.07, 6.45) is 0.886. The van der Waals surface area contributed by atoms with Gasteiger partial charge in [0, 0.05) is 0 Å². The van der Waals surface area contributed by atoms with Crippen LogP contribution in [-0.2, 0) is 10.1 Å². The lowest BCUT2D eigenvalue weighted by atomic mass is 10.3. The lowest BCUT2D eigenvalue weighted by Crippen LogP contribution is -2.05.